The van der Waals surface area contributed by atoms with E-state index in [9.17, 15) is 9.18 Å². The summed E-state index contributed by atoms with van der Waals surface area (Å²) in [7, 11) is 4.11. The number of amides is 1. The molecule has 0 aliphatic rings. The second-order valence-corrected chi connectivity index (χ2v) is 6.50. The van der Waals surface area contributed by atoms with Crippen molar-refractivity contribution in [3.63, 3.8) is 0 Å². The van der Waals surface area contributed by atoms with E-state index in [2.05, 4.69) is 36.2 Å². The van der Waals surface area contributed by atoms with Gasteiger partial charge in [-0.1, -0.05) is 0 Å². The van der Waals surface area contributed by atoms with Gasteiger partial charge in [0, 0.05) is 34.4 Å². The first-order valence-electron chi connectivity index (χ1n) is 8.27. The Kier molecular flexibility index (Phi) is 6.40. The molecule has 6 heteroatoms. The van der Waals surface area contributed by atoms with Crippen LogP contribution in [0, 0.1) is 12.7 Å². The third-order valence-electron chi connectivity index (χ3n) is 4.29. The Labute approximate surface area is 158 Å². The van der Waals surface area contributed by atoms with Crippen LogP contribution in [0.5, 0.6) is 0 Å². The van der Waals surface area contributed by atoms with Crippen LogP contribution < -0.4 is 5.32 Å². The van der Waals surface area contributed by atoms with Crippen molar-refractivity contribution in [2.75, 3.05) is 26.0 Å². The number of aromatic amines is 1. The van der Waals surface area contributed by atoms with Crippen LogP contribution in [-0.4, -0.2) is 36.4 Å². The Balaban J connectivity index is 0.00000243. The highest BCUT2D eigenvalue weighted by atomic mass is 35.5. The van der Waals surface area contributed by atoms with Crippen LogP contribution in [0.3, 0.4) is 0 Å². The molecule has 1 amide bonds. The number of fused-ring (bicyclic) bond motifs is 1. The van der Waals surface area contributed by atoms with Gasteiger partial charge in [-0.15, -0.1) is 12.4 Å². The summed E-state index contributed by atoms with van der Waals surface area (Å²) in [6, 6.07) is 11.4. The van der Waals surface area contributed by atoms with Crippen molar-refractivity contribution in [2.24, 2.45) is 0 Å². The minimum absolute atomic E-state index is 0. The second kappa shape index (κ2) is 8.34. The standard InChI is InChI=1S/C20H22FN3O.ClH/c1-13-17(10-11-24(2)3)18-12-16(8-9-19(18)22-13)23-20(25)14-4-6-15(21)7-5-14;/h4-9,12,22H,10-11H2,1-3H3,(H,23,25);1H. The molecule has 0 unspecified atom stereocenters. The normalized spacial score (nSPS) is 10.8. The van der Waals surface area contributed by atoms with Crippen LogP contribution in [0.1, 0.15) is 21.6 Å². The summed E-state index contributed by atoms with van der Waals surface area (Å²) in [5.74, 6) is -0.604. The molecular weight excluding hydrogens is 353 g/mol. The van der Waals surface area contributed by atoms with E-state index < -0.39 is 0 Å². The fourth-order valence-corrected chi connectivity index (χ4v) is 2.92. The molecule has 3 aromatic rings. The van der Waals surface area contributed by atoms with Crippen molar-refractivity contribution in [2.45, 2.75) is 13.3 Å². The number of benzene rings is 2. The van der Waals surface area contributed by atoms with Crippen LogP contribution in [0.25, 0.3) is 10.9 Å². The summed E-state index contributed by atoms with van der Waals surface area (Å²) in [6.45, 7) is 3.03. The van der Waals surface area contributed by atoms with E-state index in [-0.39, 0.29) is 24.1 Å². The molecule has 4 nitrogen and oxygen atoms in total. The Morgan fingerprint density at radius 1 is 1.15 bits per heavy atom. The van der Waals surface area contributed by atoms with Crippen LogP contribution in [0.4, 0.5) is 10.1 Å². The minimum atomic E-state index is -0.355. The third kappa shape index (κ3) is 4.42. The summed E-state index contributed by atoms with van der Waals surface area (Å²) in [5.41, 5.74) is 4.64. The van der Waals surface area contributed by atoms with E-state index in [0.717, 1.165) is 35.2 Å². The Morgan fingerprint density at radius 2 is 1.85 bits per heavy atom. The second-order valence-electron chi connectivity index (χ2n) is 6.50. The fourth-order valence-electron chi connectivity index (χ4n) is 2.92. The summed E-state index contributed by atoms with van der Waals surface area (Å²) in [4.78, 5) is 17.9. The maximum Gasteiger partial charge on any atom is 0.255 e. The van der Waals surface area contributed by atoms with Gasteiger partial charge in [0.1, 0.15) is 5.82 Å². The topological polar surface area (TPSA) is 48.1 Å². The molecule has 2 N–H and O–H groups in total. The number of carbonyl (C=O) groups is 1. The van der Waals surface area contributed by atoms with Crippen molar-refractivity contribution in [3.05, 3.63) is 65.1 Å². The Hall–Kier alpha value is -2.37. The molecule has 26 heavy (non-hydrogen) atoms. The zero-order chi connectivity index (χ0) is 18.0. The number of hydrogen-bond acceptors (Lipinski definition) is 2. The average molecular weight is 376 g/mol. The molecule has 2 aromatic carbocycles. The molecule has 0 aliphatic heterocycles. The van der Waals surface area contributed by atoms with Gasteiger partial charge < -0.3 is 15.2 Å². The molecule has 138 valence electrons. The zero-order valence-corrected chi connectivity index (χ0v) is 15.9. The highest BCUT2D eigenvalue weighted by Gasteiger charge is 2.11. The number of rotatable bonds is 5. The van der Waals surface area contributed by atoms with Gasteiger partial charge in [-0.3, -0.25) is 4.79 Å². The van der Waals surface area contributed by atoms with Crippen LogP contribution in [0.15, 0.2) is 42.5 Å². The molecule has 0 spiro atoms. The van der Waals surface area contributed by atoms with Gasteiger partial charge >= 0.3 is 0 Å². The number of carbonyl (C=O) groups excluding carboxylic acids is 1. The number of aromatic nitrogens is 1. The van der Waals surface area contributed by atoms with E-state index >= 15 is 0 Å². The van der Waals surface area contributed by atoms with Crippen molar-refractivity contribution < 1.29 is 9.18 Å². The lowest BCUT2D eigenvalue weighted by Gasteiger charge is -2.10. The summed E-state index contributed by atoms with van der Waals surface area (Å²) in [5, 5.41) is 4.01. The molecule has 1 heterocycles. The third-order valence-corrected chi connectivity index (χ3v) is 4.29. The maximum absolute atomic E-state index is 13.0. The molecule has 0 fully saturated rings. The van der Waals surface area contributed by atoms with Crippen molar-refractivity contribution in [1.82, 2.24) is 9.88 Å². The molecule has 0 radical (unpaired) electrons. The number of H-pyrrole nitrogens is 1. The maximum atomic E-state index is 13.0. The SMILES string of the molecule is Cc1[nH]c2ccc(NC(=O)c3ccc(F)cc3)cc2c1CCN(C)C.Cl. The molecule has 0 saturated carbocycles. The zero-order valence-electron chi connectivity index (χ0n) is 15.1. The van der Waals surface area contributed by atoms with Gasteiger partial charge in [0.2, 0.25) is 0 Å². The highest BCUT2D eigenvalue weighted by molar-refractivity contribution is 6.05. The first-order chi connectivity index (χ1) is 11.9. The number of nitrogens with zero attached hydrogens (tertiary/aromatic N) is 1. The number of aryl methyl sites for hydroxylation is 1. The number of likely N-dealkylation sites (N-methyl/N-ethyl adjacent to an activating group) is 1. The average Bonchev–Trinajstić information content (AvgIpc) is 2.88. The first-order valence-corrected chi connectivity index (χ1v) is 8.27. The van der Waals surface area contributed by atoms with Gasteiger partial charge in [0.05, 0.1) is 0 Å². The summed E-state index contributed by atoms with van der Waals surface area (Å²) < 4.78 is 13.0. The van der Waals surface area contributed by atoms with E-state index in [0.29, 0.717) is 5.56 Å². The minimum Gasteiger partial charge on any atom is -0.358 e. The van der Waals surface area contributed by atoms with Crippen molar-refractivity contribution in [3.8, 4) is 0 Å². The van der Waals surface area contributed by atoms with E-state index in [4.69, 9.17) is 0 Å². The number of hydrogen-bond donors (Lipinski definition) is 2. The van der Waals surface area contributed by atoms with Gasteiger partial charge in [-0.05, 0) is 75.5 Å². The van der Waals surface area contributed by atoms with Gasteiger partial charge in [0.25, 0.3) is 5.91 Å². The molecule has 0 saturated heterocycles. The Morgan fingerprint density at radius 3 is 2.50 bits per heavy atom. The molecule has 0 aliphatic carbocycles. The van der Waals surface area contributed by atoms with Crippen LogP contribution in [-0.2, 0) is 6.42 Å². The molecule has 1 aromatic heterocycles. The lowest BCUT2D eigenvalue weighted by atomic mass is 10.1. The smallest absolute Gasteiger partial charge is 0.255 e. The number of anilines is 1. The largest absolute Gasteiger partial charge is 0.358 e. The Bertz CT molecular complexity index is 903. The van der Waals surface area contributed by atoms with E-state index in [1.54, 1.807) is 0 Å². The quantitative estimate of drug-likeness (QED) is 0.694. The fraction of sp³-hybridized carbons (Fsp3) is 0.250. The molecule has 0 bridgehead atoms. The molecule has 0 atom stereocenters. The van der Waals surface area contributed by atoms with E-state index in [1.165, 1.54) is 29.8 Å². The van der Waals surface area contributed by atoms with Crippen LogP contribution >= 0.6 is 12.4 Å². The van der Waals surface area contributed by atoms with Gasteiger partial charge in [0.15, 0.2) is 0 Å². The van der Waals surface area contributed by atoms with Crippen molar-refractivity contribution >= 4 is 34.9 Å². The highest BCUT2D eigenvalue weighted by Crippen LogP contribution is 2.26. The van der Waals surface area contributed by atoms with Gasteiger partial charge in [-0.2, -0.15) is 0 Å². The monoisotopic (exact) mass is 375 g/mol. The van der Waals surface area contributed by atoms with Gasteiger partial charge in [-0.25, -0.2) is 4.39 Å². The lowest BCUT2D eigenvalue weighted by Crippen LogP contribution is -2.15. The number of nitrogens with one attached hydrogen (secondary N) is 2. The summed E-state index contributed by atoms with van der Waals surface area (Å²) in [6.07, 6.45) is 0.939. The summed E-state index contributed by atoms with van der Waals surface area (Å²) >= 11 is 0. The van der Waals surface area contributed by atoms with Crippen molar-refractivity contribution in [1.29, 1.82) is 0 Å². The molecular formula is C20H23ClFN3O. The first kappa shape index (κ1) is 19.9. The predicted molar refractivity (Wildman–Crippen MR) is 107 cm³/mol. The van der Waals surface area contributed by atoms with Crippen LogP contribution in [0.2, 0.25) is 0 Å². The molecule has 3 rings (SSSR count). The predicted octanol–water partition coefficient (Wildman–Crippen LogP) is 4.39. The van der Waals surface area contributed by atoms with E-state index in [1.807, 2.05) is 18.2 Å². The lowest BCUT2D eigenvalue weighted by molar-refractivity contribution is 0.102. The number of halogens is 2.